The zero-order valence-corrected chi connectivity index (χ0v) is 16.1. The third-order valence-corrected chi connectivity index (χ3v) is 7.49. The zero-order chi connectivity index (χ0) is 18.3. The number of sulfone groups is 1. The Kier molecular flexibility index (Phi) is 4.71. The van der Waals surface area contributed by atoms with E-state index in [2.05, 4.69) is 4.99 Å². The molecule has 0 spiro atoms. The molecule has 2 aliphatic rings. The van der Waals surface area contributed by atoms with Crippen LogP contribution in [0.3, 0.4) is 0 Å². The lowest BCUT2D eigenvalue weighted by Gasteiger charge is -2.26. The van der Waals surface area contributed by atoms with Crippen molar-refractivity contribution in [3.63, 3.8) is 0 Å². The highest BCUT2D eigenvalue weighted by Crippen LogP contribution is 2.36. The molecule has 2 atom stereocenters. The van der Waals surface area contributed by atoms with Crippen molar-refractivity contribution < 1.29 is 12.8 Å². The lowest BCUT2D eigenvalue weighted by atomic mass is 10.1. The number of hydrogen-bond donors (Lipinski definition) is 0. The molecule has 0 aliphatic carbocycles. The van der Waals surface area contributed by atoms with Crippen LogP contribution >= 0.6 is 23.4 Å². The van der Waals surface area contributed by atoms with Crippen molar-refractivity contribution in [3.8, 4) is 0 Å². The summed E-state index contributed by atoms with van der Waals surface area (Å²) in [5.74, 6) is 0.320. The molecule has 1 saturated heterocycles. The summed E-state index contributed by atoms with van der Waals surface area (Å²) in [6.45, 7) is 0. The minimum atomic E-state index is -3.10. The van der Waals surface area contributed by atoms with Crippen LogP contribution in [0.15, 0.2) is 53.5 Å². The second-order valence-electron chi connectivity index (χ2n) is 6.35. The minimum Gasteiger partial charge on any atom is -0.315 e. The van der Waals surface area contributed by atoms with Crippen molar-refractivity contribution in [1.82, 2.24) is 0 Å². The molecule has 0 N–H and O–H groups in total. The number of amidine groups is 1. The van der Waals surface area contributed by atoms with Crippen molar-refractivity contribution in [2.24, 2.45) is 4.99 Å². The Morgan fingerprint density at radius 2 is 1.88 bits per heavy atom. The molecule has 2 heterocycles. The fourth-order valence-electron chi connectivity index (χ4n) is 3.29. The van der Waals surface area contributed by atoms with Gasteiger partial charge in [0.25, 0.3) is 0 Å². The SMILES string of the molecule is O=S1(=O)C[C@@H]2[C@@H](C1)N=C(SCc1ccccc1F)N2c1ccc(Cl)cc1. The lowest BCUT2D eigenvalue weighted by Crippen LogP contribution is -2.39. The molecule has 2 aromatic rings. The number of hydrogen-bond acceptors (Lipinski definition) is 5. The maximum atomic E-state index is 13.9. The average molecular weight is 411 g/mol. The highest BCUT2D eigenvalue weighted by molar-refractivity contribution is 8.13. The average Bonchev–Trinajstić information content (AvgIpc) is 3.06. The van der Waals surface area contributed by atoms with E-state index in [9.17, 15) is 12.8 Å². The molecule has 2 aliphatic heterocycles. The third-order valence-electron chi connectivity index (χ3n) is 4.53. The molecule has 0 saturated carbocycles. The first-order valence-corrected chi connectivity index (χ1v) is 11.3. The Balaban J connectivity index is 1.63. The van der Waals surface area contributed by atoms with Crippen LogP contribution < -0.4 is 4.90 Å². The first-order chi connectivity index (χ1) is 12.4. The number of thioether (sulfide) groups is 1. The molecule has 4 nitrogen and oxygen atoms in total. The predicted octanol–water partition coefficient (Wildman–Crippen LogP) is 3.75. The molecular weight excluding hydrogens is 395 g/mol. The Labute approximate surface area is 161 Å². The Morgan fingerprint density at radius 1 is 1.15 bits per heavy atom. The standard InChI is InChI=1S/C18H16ClFN2O2S2/c19-13-5-7-14(8-6-13)22-17-11-26(23,24)10-16(17)21-18(22)25-9-12-3-1-2-4-15(12)20/h1-8,16-17H,9-11H2/t16-,17-/m1/s1. The van der Waals surface area contributed by atoms with Gasteiger partial charge in [0, 0.05) is 16.5 Å². The normalized spacial score (nSPS) is 23.8. The van der Waals surface area contributed by atoms with E-state index in [1.807, 2.05) is 17.0 Å². The van der Waals surface area contributed by atoms with E-state index in [1.54, 1.807) is 30.3 Å². The molecule has 0 aromatic heterocycles. The molecule has 0 amide bonds. The van der Waals surface area contributed by atoms with Crippen molar-refractivity contribution >= 4 is 44.1 Å². The van der Waals surface area contributed by atoms with Crippen LogP contribution in [-0.4, -0.2) is 37.2 Å². The number of rotatable bonds is 3. The zero-order valence-electron chi connectivity index (χ0n) is 13.7. The smallest absolute Gasteiger partial charge is 0.164 e. The van der Waals surface area contributed by atoms with Gasteiger partial charge in [-0.05, 0) is 35.9 Å². The number of benzene rings is 2. The van der Waals surface area contributed by atoms with E-state index in [-0.39, 0.29) is 29.4 Å². The quantitative estimate of drug-likeness (QED) is 0.773. The maximum absolute atomic E-state index is 13.9. The van der Waals surface area contributed by atoms with Gasteiger partial charge in [0.2, 0.25) is 0 Å². The molecule has 0 bridgehead atoms. The monoisotopic (exact) mass is 410 g/mol. The highest BCUT2D eigenvalue weighted by Gasteiger charge is 2.47. The number of nitrogens with zero attached hydrogens (tertiary/aromatic N) is 2. The topological polar surface area (TPSA) is 49.7 Å². The van der Waals surface area contributed by atoms with E-state index < -0.39 is 9.84 Å². The summed E-state index contributed by atoms with van der Waals surface area (Å²) in [6.07, 6.45) is 0. The lowest BCUT2D eigenvalue weighted by molar-refractivity contribution is 0.601. The largest absolute Gasteiger partial charge is 0.315 e. The van der Waals surface area contributed by atoms with E-state index in [0.717, 1.165) is 10.9 Å². The summed E-state index contributed by atoms with van der Waals surface area (Å²) in [5.41, 5.74) is 1.44. The first kappa shape index (κ1) is 17.8. The van der Waals surface area contributed by atoms with Gasteiger partial charge in [-0.1, -0.05) is 41.6 Å². The van der Waals surface area contributed by atoms with Gasteiger partial charge in [-0.25, -0.2) is 12.8 Å². The number of aliphatic imine (C=N–C) groups is 1. The maximum Gasteiger partial charge on any atom is 0.164 e. The second-order valence-corrected chi connectivity index (χ2v) is 9.88. The van der Waals surface area contributed by atoms with Crippen LogP contribution in [0.25, 0.3) is 0 Å². The van der Waals surface area contributed by atoms with Gasteiger partial charge in [0.1, 0.15) is 5.82 Å². The van der Waals surface area contributed by atoms with Gasteiger partial charge >= 0.3 is 0 Å². The molecule has 2 aromatic carbocycles. The summed E-state index contributed by atoms with van der Waals surface area (Å²) in [6, 6.07) is 13.4. The predicted molar refractivity (Wildman–Crippen MR) is 105 cm³/mol. The van der Waals surface area contributed by atoms with Crippen molar-refractivity contribution in [2.45, 2.75) is 17.8 Å². The Hall–Kier alpha value is -1.57. The summed E-state index contributed by atoms with van der Waals surface area (Å²) in [4.78, 5) is 6.60. The van der Waals surface area contributed by atoms with Gasteiger partial charge in [0.15, 0.2) is 15.0 Å². The highest BCUT2D eigenvalue weighted by atomic mass is 35.5. The van der Waals surface area contributed by atoms with Crippen LogP contribution in [0.5, 0.6) is 0 Å². The van der Waals surface area contributed by atoms with E-state index in [4.69, 9.17) is 11.6 Å². The molecule has 26 heavy (non-hydrogen) atoms. The summed E-state index contributed by atoms with van der Waals surface area (Å²) in [7, 11) is -3.10. The van der Waals surface area contributed by atoms with Crippen molar-refractivity contribution in [1.29, 1.82) is 0 Å². The summed E-state index contributed by atoms with van der Waals surface area (Å²) < 4.78 is 38.0. The van der Waals surface area contributed by atoms with Crippen LogP contribution in [0.2, 0.25) is 5.02 Å². The fraction of sp³-hybridized carbons (Fsp3) is 0.278. The van der Waals surface area contributed by atoms with E-state index in [1.165, 1.54) is 17.8 Å². The molecule has 0 unspecified atom stereocenters. The number of fused-ring (bicyclic) bond motifs is 1. The second kappa shape index (κ2) is 6.87. The van der Waals surface area contributed by atoms with E-state index in [0.29, 0.717) is 16.3 Å². The molecule has 0 radical (unpaired) electrons. The fourth-order valence-corrected chi connectivity index (χ4v) is 6.37. The Morgan fingerprint density at radius 3 is 2.62 bits per heavy atom. The molecule has 1 fully saturated rings. The summed E-state index contributed by atoms with van der Waals surface area (Å²) in [5, 5.41) is 1.33. The van der Waals surface area contributed by atoms with Crippen molar-refractivity contribution in [2.75, 3.05) is 16.4 Å². The number of halogens is 2. The van der Waals surface area contributed by atoms with Crippen LogP contribution in [0, 0.1) is 5.82 Å². The van der Waals surface area contributed by atoms with Crippen LogP contribution in [0.4, 0.5) is 10.1 Å². The molecular formula is C18H16ClFN2O2S2. The first-order valence-electron chi connectivity index (χ1n) is 8.12. The van der Waals surface area contributed by atoms with Crippen LogP contribution in [-0.2, 0) is 15.6 Å². The van der Waals surface area contributed by atoms with Gasteiger partial charge in [-0.15, -0.1) is 0 Å². The Bertz CT molecular complexity index is 963. The summed E-state index contributed by atoms with van der Waals surface area (Å²) >= 11 is 7.40. The number of anilines is 1. The van der Waals surface area contributed by atoms with Gasteiger partial charge in [-0.3, -0.25) is 4.99 Å². The van der Waals surface area contributed by atoms with E-state index >= 15 is 0 Å². The minimum absolute atomic E-state index is 0.0610. The van der Waals surface area contributed by atoms with Crippen LogP contribution in [0.1, 0.15) is 5.56 Å². The van der Waals surface area contributed by atoms with Gasteiger partial charge in [-0.2, -0.15) is 0 Å². The molecule has 8 heteroatoms. The third kappa shape index (κ3) is 3.48. The van der Waals surface area contributed by atoms with Crippen molar-refractivity contribution in [3.05, 3.63) is 64.9 Å². The van der Waals surface area contributed by atoms with Gasteiger partial charge < -0.3 is 4.90 Å². The molecule has 136 valence electrons. The van der Waals surface area contributed by atoms with Gasteiger partial charge in [0.05, 0.1) is 23.6 Å². The molecule has 4 rings (SSSR count).